The van der Waals surface area contributed by atoms with Gasteiger partial charge in [0, 0.05) is 0 Å². The Kier molecular flexibility index (Phi) is 4.24. The van der Waals surface area contributed by atoms with Crippen LogP contribution in [0.25, 0.3) is 0 Å². The SMILES string of the molecule is Cc1cccc(CCNCc2ccc(Cl)o2)c1. The molecule has 1 aromatic heterocycles. The first kappa shape index (κ1) is 12.2. The van der Waals surface area contributed by atoms with Crippen LogP contribution in [0.15, 0.2) is 40.8 Å². The molecule has 0 unspecified atom stereocenters. The average Bonchev–Trinajstić information content (AvgIpc) is 2.71. The Morgan fingerprint density at radius 2 is 2.12 bits per heavy atom. The molecule has 1 heterocycles. The van der Waals surface area contributed by atoms with Crippen molar-refractivity contribution in [2.45, 2.75) is 19.9 Å². The molecule has 0 radical (unpaired) electrons. The Hall–Kier alpha value is -1.25. The van der Waals surface area contributed by atoms with Crippen molar-refractivity contribution in [2.24, 2.45) is 0 Å². The Morgan fingerprint density at radius 3 is 2.82 bits per heavy atom. The van der Waals surface area contributed by atoms with Crippen LogP contribution < -0.4 is 5.32 Å². The number of nitrogens with one attached hydrogen (secondary N) is 1. The molecule has 0 bridgehead atoms. The van der Waals surface area contributed by atoms with Gasteiger partial charge in [0.2, 0.25) is 0 Å². The highest BCUT2D eigenvalue weighted by molar-refractivity contribution is 6.28. The van der Waals surface area contributed by atoms with E-state index in [1.54, 1.807) is 6.07 Å². The molecule has 0 aliphatic carbocycles. The Bertz CT molecular complexity index is 479. The molecule has 2 aromatic rings. The Balaban J connectivity index is 1.73. The molecule has 0 amide bonds. The first-order valence-electron chi connectivity index (χ1n) is 5.74. The zero-order chi connectivity index (χ0) is 12.1. The fourth-order valence-electron chi connectivity index (χ4n) is 1.76. The van der Waals surface area contributed by atoms with E-state index >= 15 is 0 Å². The zero-order valence-corrected chi connectivity index (χ0v) is 10.6. The molecular weight excluding hydrogens is 234 g/mol. The highest BCUT2D eigenvalue weighted by Gasteiger charge is 1.99. The second-order valence-corrected chi connectivity index (χ2v) is 4.49. The molecule has 0 aliphatic heterocycles. The van der Waals surface area contributed by atoms with Gasteiger partial charge in [-0.3, -0.25) is 0 Å². The summed E-state index contributed by atoms with van der Waals surface area (Å²) in [6.45, 7) is 3.77. The molecule has 17 heavy (non-hydrogen) atoms. The lowest BCUT2D eigenvalue weighted by molar-refractivity contribution is 0.486. The normalized spacial score (nSPS) is 10.7. The summed E-state index contributed by atoms with van der Waals surface area (Å²) >= 11 is 5.69. The molecule has 0 saturated carbocycles. The van der Waals surface area contributed by atoms with Gasteiger partial charge in [-0.05, 0) is 49.2 Å². The van der Waals surface area contributed by atoms with E-state index in [2.05, 4.69) is 36.5 Å². The van der Waals surface area contributed by atoms with E-state index in [1.807, 2.05) is 6.07 Å². The Morgan fingerprint density at radius 1 is 1.24 bits per heavy atom. The second kappa shape index (κ2) is 5.89. The van der Waals surface area contributed by atoms with E-state index < -0.39 is 0 Å². The summed E-state index contributed by atoms with van der Waals surface area (Å²) in [6, 6.07) is 12.2. The maximum atomic E-state index is 5.69. The van der Waals surface area contributed by atoms with Crippen molar-refractivity contribution in [1.29, 1.82) is 0 Å². The van der Waals surface area contributed by atoms with Crippen molar-refractivity contribution in [3.8, 4) is 0 Å². The second-order valence-electron chi connectivity index (χ2n) is 4.12. The number of furan rings is 1. The first-order valence-corrected chi connectivity index (χ1v) is 6.12. The van der Waals surface area contributed by atoms with Crippen molar-refractivity contribution >= 4 is 11.6 Å². The lowest BCUT2D eigenvalue weighted by Crippen LogP contribution is -2.16. The molecule has 2 nitrogen and oxygen atoms in total. The van der Waals surface area contributed by atoms with Crippen LogP contribution in [0.3, 0.4) is 0 Å². The third-order valence-electron chi connectivity index (χ3n) is 2.60. The summed E-state index contributed by atoms with van der Waals surface area (Å²) < 4.78 is 5.26. The van der Waals surface area contributed by atoms with E-state index in [4.69, 9.17) is 16.0 Å². The minimum Gasteiger partial charge on any atom is -0.448 e. The van der Waals surface area contributed by atoms with E-state index in [1.165, 1.54) is 11.1 Å². The molecule has 0 atom stereocenters. The maximum Gasteiger partial charge on any atom is 0.193 e. The topological polar surface area (TPSA) is 25.2 Å². The molecule has 0 saturated heterocycles. The standard InChI is InChI=1S/C14H16ClNO/c1-11-3-2-4-12(9-11)7-8-16-10-13-5-6-14(15)17-13/h2-6,9,16H,7-8,10H2,1H3. The molecular formula is C14H16ClNO. The number of hydrogen-bond acceptors (Lipinski definition) is 2. The number of hydrogen-bond donors (Lipinski definition) is 1. The number of rotatable bonds is 5. The fraction of sp³-hybridized carbons (Fsp3) is 0.286. The average molecular weight is 250 g/mol. The van der Waals surface area contributed by atoms with Crippen molar-refractivity contribution in [3.63, 3.8) is 0 Å². The van der Waals surface area contributed by atoms with Gasteiger partial charge in [0.15, 0.2) is 5.22 Å². The molecule has 1 N–H and O–H groups in total. The largest absolute Gasteiger partial charge is 0.448 e. The van der Waals surface area contributed by atoms with Gasteiger partial charge in [-0.15, -0.1) is 0 Å². The number of benzene rings is 1. The van der Waals surface area contributed by atoms with Crippen LogP contribution >= 0.6 is 11.6 Å². The van der Waals surface area contributed by atoms with Gasteiger partial charge >= 0.3 is 0 Å². The highest BCUT2D eigenvalue weighted by atomic mass is 35.5. The van der Waals surface area contributed by atoms with E-state index in [-0.39, 0.29) is 0 Å². The lowest BCUT2D eigenvalue weighted by Gasteiger charge is -2.04. The summed E-state index contributed by atoms with van der Waals surface area (Å²) in [5.74, 6) is 0.874. The minimum absolute atomic E-state index is 0.445. The number of halogens is 1. The monoisotopic (exact) mass is 249 g/mol. The number of aryl methyl sites for hydroxylation is 1. The molecule has 0 fully saturated rings. The van der Waals surface area contributed by atoms with Crippen LogP contribution in [0.4, 0.5) is 0 Å². The lowest BCUT2D eigenvalue weighted by atomic mass is 10.1. The predicted molar refractivity (Wildman–Crippen MR) is 70.3 cm³/mol. The van der Waals surface area contributed by atoms with Gasteiger partial charge in [-0.1, -0.05) is 29.8 Å². The van der Waals surface area contributed by atoms with Gasteiger partial charge in [-0.2, -0.15) is 0 Å². The van der Waals surface area contributed by atoms with E-state index in [0.717, 1.165) is 25.3 Å². The van der Waals surface area contributed by atoms with Gasteiger partial charge in [0.25, 0.3) is 0 Å². The van der Waals surface area contributed by atoms with Crippen LogP contribution in [0.2, 0.25) is 5.22 Å². The third kappa shape index (κ3) is 3.91. The zero-order valence-electron chi connectivity index (χ0n) is 9.87. The summed E-state index contributed by atoms with van der Waals surface area (Å²) in [6.07, 6.45) is 1.02. The molecule has 3 heteroatoms. The van der Waals surface area contributed by atoms with Crippen LogP contribution in [-0.4, -0.2) is 6.54 Å². The van der Waals surface area contributed by atoms with Crippen LogP contribution in [0.5, 0.6) is 0 Å². The van der Waals surface area contributed by atoms with Gasteiger partial charge in [-0.25, -0.2) is 0 Å². The summed E-state index contributed by atoms with van der Waals surface area (Å²) in [5, 5.41) is 3.78. The summed E-state index contributed by atoms with van der Waals surface area (Å²) in [5.41, 5.74) is 2.66. The van der Waals surface area contributed by atoms with Gasteiger partial charge < -0.3 is 9.73 Å². The molecule has 0 aliphatic rings. The van der Waals surface area contributed by atoms with Gasteiger partial charge in [0.1, 0.15) is 5.76 Å². The Labute approximate surface area is 107 Å². The van der Waals surface area contributed by atoms with E-state index in [9.17, 15) is 0 Å². The molecule has 1 aromatic carbocycles. The van der Waals surface area contributed by atoms with Crippen LogP contribution in [0, 0.1) is 6.92 Å². The van der Waals surface area contributed by atoms with E-state index in [0.29, 0.717) is 5.22 Å². The van der Waals surface area contributed by atoms with Crippen LogP contribution in [-0.2, 0) is 13.0 Å². The predicted octanol–water partition coefficient (Wildman–Crippen LogP) is 3.57. The third-order valence-corrected chi connectivity index (χ3v) is 2.80. The minimum atomic E-state index is 0.445. The highest BCUT2D eigenvalue weighted by Crippen LogP contribution is 2.12. The van der Waals surface area contributed by atoms with Crippen LogP contribution in [0.1, 0.15) is 16.9 Å². The van der Waals surface area contributed by atoms with Crippen molar-refractivity contribution in [1.82, 2.24) is 5.32 Å². The van der Waals surface area contributed by atoms with Gasteiger partial charge in [0.05, 0.1) is 6.54 Å². The van der Waals surface area contributed by atoms with Crippen molar-refractivity contribution in [2.75, 3.05) is 6.54 Å². The van der Waals surface area contributed by atoms with Crippen molar-refractivity contribution in [3.05, 3.63) is 58.5 Å². The maximum absolute atomic E-state index is 5.69. The quantitative estimate of drug-likeness (QED) is 0.820. The molecule has 0 spiro atoms. The smallest absolute Gasteiger partial charge is 0.193 e. The molecule has 2 rings (SSSR count). The summed E-state index contributed by atoms with van der Waals surface area (Å²) in [7, 11) is 0. The first-order chi connectivity index (χ1) is 8.24. The summed E-state index contributed by atoms with van der Waals surface area (Å²) in [4.78, 5) is 0. The van der Waals surface area contributed by atoms with Crippen molar-refractivity contribution < 1.29 is 4.42 Å². The molecule has 90 valence electrons. The fourth-order valence-corrected chi connectivity index (χ4v) is 1.92.